The van der Waals surface area contributed by atoms with Crippen molar-refractivity contribution in [3.8, 4) is 0 Å². The molecule has 0 saturated carbocycles. The van der Waals surface area contributed by atoms with Crippen LogP contribution in [0.15, 0.2) is 30.5 Å². The minimum atomic E-state index is -4.41. The molecule has 1 aromatic carbocycles. The van der Waals surface area contributed by atoms with Crippen LogP contribution < -0.4 is 5.73 Å². The van der Waals surface area contributed by atoms with E-state index in [2.05, 4.69) is 9.59 Å². The van der Waals surface area contributed by atoms with E-state index in [4.69, 9.17) is 5.73 Å². The number of hydrogen-bond acceptors (Lipinski definition) is 4. The fraction of sp³-hybridized carbons (Fsp3) is 0.200. The van der Waals surface area contributed by atoms with Crippen molar-refractivity contribution in [1.29, 1.82) is 0 Å². The first kappa shape index (κ1) is 12.0. The van der Waals surface area contributed by atoms with E-state index in [1.54, 1.807) is 0 Å². The summed E-state index contributed by atoms with van der Waals surface area (Å²) >= 11 is 0.992. The van der Waals surface area contributed by atoms with Crippen molar-refractivity contribution >= 4 is 11.5 Å². The molecule has 2 N–H and O–H groups in total. The predicted octanol–water partition coefficient (Wildman–Crippen LogP) is 2.61. The van der Waals surface area contributed by atoms with Gasteiger partial charge in [-0.1, -0.05) is 22.7 Å². The Kier molecular flexibility index (Phi) is 3.12. The van der Waals surface area contributed by atoms with Crippen LogP contribution in [0.2, 0.25) is 0 Å². The summed E-state index contributed by atoms with van der Waals surface area (Å²) in [7, 11) is 0. The van der Waals surface area contributed by atoms with E-state index in [0.717, 1.165) is 17.6 Å². The van der Waals surface area contributed by atoms with E-state index < -0.39 is 17.8 Å². The molecule has 1 aromatic heterocycles. The van der Waals surface area contributed by atoms with Gasteiger partial charge in [-0.25, -0.2) is 0 Å². The highest BCUT2D eigenvalue weighted by Gasteiger charge is 2.34. The third kappa shape index (κ3) is 2.45. The van der Waals surface area contributed by atoms with Crippen molar-refractivity contribution in [2.24, 2.45) is 5.73 Å². The fourth-order valence-electron chi connectivity index (χ4n) is 1.49. The van der Waals surface area contributed by atoms with E-state index in [0.29, 0.717) is 4.88 Å². The van der Waals surface area contributed by atoms with E-state index in [-0.39, 0.29) is 5.56 Å². The first-order chi connectivity index (χ1) is 8.00. The van der Waals surface area contributed by atoms with Crippen LogP contribution in [0.25, 0.3) is 0 Å². The van der Waals surface area contributed by atoms with Gasteiger partial charge in [-0.3, -0.25) is 0 Å². The van der Waals surface area contributed by atoms with Crippen molar-refractivity contribution in [2.75, 3.05) is 0 Å². The molecule has 0 aliphatic heterocycles. The molecule has 0 aliphatic rings. The van der Waals surface area contributed by atoms with Gasteiger partial charge in [-0.15, -0.1) is 5.10 Å². The average Bonchev–Trinajstić information content (AvgIpc) is 2.80. The lowest BCUT2D eigenvalue weighted by Gasteiger charge is -2.16. The van der Waals surface area contributed by atoms with Gasteiger partial charge in [0.25, 0.3) is 0 Å². The molecule has 0 saturated heterocycles. The molecule has 0 aliphatic carbocycles. The van der Waals surface area contributed by atoms with Gasteiger partial charge in [0.15, 0.2) is 0 Å². The SMILES string of the molecule is NC(c1cnns1)c1ccccc1C(F)(F)F. The minimum absolute atomic E-state index is 0.0334. The number of hydrogen-bond donors (Lipinski definition) is 1. The van der Waals surface area contributed by atoms with Crippen LogP contribution >= 0.6 is 11.5 Å². The highest BCUT2D eigenvalue weighted by atomic mass is 32.1. The van der Waals surface area contributed by atoms with E-state index >= 15 is 0 Å². The standard InChI is InChI=1S/C10H8F3N3S/c11-10(12,13)7-4-2-1-3-6(7)9(14)8-5-15-16-17-8/h1-5,9H,14H2. The highest BCUT2D eigenvalue weighted by molar-refractivity contribution is 7.05. The van der Waals surface area contributed by atoms with E-state index in [1.165, 1.54) is 24.4 Å². The maximum Gasteiger partial charge on any atom is 0.416 e. The monoisotopic (exact) mass is 259 g/mol. The minimum Gasteiger partial charge on any atom is -0.319 e. The second kappa shape index (κ2) is 4.42. The molecule has 0 spiro atoms. The fourth-order valence-corrected chi connectivity index (χ4v) is 2.01. The summed E-state index contributed by atoms with van der Waals surface area (Å²) in [5, 5.41) is 3.57. The quantitative estimate of drug-likeness (QED) is 0.901. The van der Waals surface area contributed by atoms with Crippen LogP contribution in [-0.2, 0) is 6.18 Å². The molecule has 0 amide bonds. The molecular formula is C10H8F3N3S. The first-order valence-electron chi connectivity index (χ1n) is 4.69. The summed E-state index contributed by atoms with van der Waals surface area (Å²) in [4.78, 5) is 0.502. The Morgan fingerprint density at radius 2 is 1.94 bits per heavy atom. The Hall–Kier alpha value is -1.47. The van der Waals surface area contributed by atoms with Gasteiger partial charge in [0, 0.05) is 0 Å². The molecule has 1 unspecified atom stereocenters. The molecule has 17 heavy (non-hydrogen) atoms. The van der Waals surface area contributed by atoms with Crippen LogP contribution in [0.5, 0.6) is 0 Å². The van der Waals surface area contributed by atoms with Crippen molar-refractivity contribution < 1.29 is 13.2 Å². The Bertz CT molecular complexity index is 496. The van der Waals surface area contributed by atoms with Crippen LogP contribution in [-0.4, -0.2) is 9.59 Å². The zero-order chi connectivity index (χ0) is 12.5. The number of halogens is 3. The molecule has 0 bridgehead atoms. The summed E-state index contributed by atoms with van der Waals surface area (Å²) < 4.78 is 41.9. The van der Waals surface area contributed by atoms with Gasteiger partial charge in [-0.2, -0.15) is 13.2 Å². The first-order valence-corrected chi connectivity index (χ1v) is 5.46. The summed E-state index contributed by atoms with van der Waals surface area (Å²) in [5.74, 6) is 0. The second-order valence-corrected chi connectivity index (χ2v) is 4.20. The Labute approximate surface area is 99.2 Å². The lowest BCUT2D eigenvalue weighted by atomic mass is 10.00. The zero-order valence-electron chi connectivity index (χ0n) is 8.48. The Balaban J connectivity index is 2.46. The molecule has 7 heteroatoms. The second-order valence-electron chi connectivity index (χ2n) is 3.38. The predicted molar refractivity (Wildman–Crippen MR) is 57.4 cm³/mol. The molecule has 0 fully saturated rings. The maximum absolute atomic E-state index is 12.8. The topological polar surface area (TPSA) is 51.8 Å². The zero-order valence-corrected chi connectivity index (χ0v) is 9.29. The van der Waals surface area contributed by atoms with Gasteiger partial charge in [0.1, 0.15) is 0 Å². The number of alkyl halides is 3. The average molecular weight is 259 g/mol. The normalized spacial score (nSPS) is 13.6. The van der Waals surface area contributed by atoms with Gasteiger partial charge in [-0.05, 0) is 23.2 Å². The van der Waals surface area contributed by atoms with Crippen LogP contribution in [0, 0.1) is 0 Å². The maximum atomic E-state index is 12.8. The van der Waals surface area contributed by atoms with Crippen LogP contribution in [0.4, 0.5) is 13.2 Å². The summed E-state index contributed by atoms with van der Waals surface area (Å²) in [6.45, 7) is 0. The molecule has 90 valence electrons. The van der Waals surface area contributed by atoms with Gasteiger partial charge in [0.2, 0.25) is 0 Å². The molecule has 0 radical (unpaired) electrons. The van der Waals surface area contributed by atoms with Crippen molar-refractivity contribution in [1.82, 2.24) is 9.59 Å². The Morgan fingerprint density at radius 3 is 2.53 bits per heavy atom. The molecule has 1 atom stereocenters. The molecule has 3 nitrogen and oxygen atoms in total. The molecular weight excluding hydrogens is 251 g/mol. The van der Waals surface area contributed by atoms with Crippen molar-refractivity contribution in [3.63, 3.8) is 0 Å². The lowest BCUT2D eigenvalue weighted by Crippen LogP contribution is -2.17. The summed E-state index contributed by atoms with van der Waals surface area (Å²) in [6.07, 6.45) is -3.03. The Morgan fingerprint density at radius 1 is 1.24 bits per heavy atom. The van der Waals surface area contributed by atoms with Gasteiger partial charge < -0.3 is 5.73 Å². The van der Waals surface area contributed by atoms with E-state index in [9.17, 15) is 13.2 Å². The lowest BCUT2D eigenvalue weighted by molar-refractivity contribution is -0.138. The summed E-state index contributed by atoms with van der Waals surface area (Å²) in [5.41, 5.74) is 5.10. The largest absolute Gasteiger partial charge is 0.416 e. The molecule has 2 aromatic rings. The molecule has 1 heterocycles. The third-order valence-corrected chi connectivity index (χ3v) is 3.03. The van der Waals surface area contributed by atoms with Gasteiger partial charge >= 0.3 is 6.18 Å². The third-order valence-electron chi connectivity index (χ3n) is 2.29. The number of aromatic nitrogens is 2. The number of nitrogens with zero attached hydrogens (tertiary/aromatic N) is 2. The molecule has 2 rings (SSSR count). The van der Waals surface area contributed by atoms with Gasteiger partial charge in [0.05, 0.1) is 22.7 Å². The smallest absolute Gasteiger partial charge is 0.319 e. The number of benzene rings is 1. The van der Waals surface area contributed by atoms with Crippen LogP contribution in [0.3, 0.4) is 0 Å². The highest BCUT2D eigenvalue weighted by Crippen LogP contribution is 2.35. The summed E-state index contributed by atoms with van der Waals surface area (Å²) in [6, 6.07) is 4.40. The number of rotatable bonds is 2. The van der Waals surface area contributed by atoms with Crippen molar-refractivity contribution in [3.05, 3.63) is 46.5 Å². The van der Waals surface area contributed by atoms with Crippen LogP contribution in [0.1, 0.15) is 22.0 Å². The van der Waals surface area contributed by atoms with Crippen molar-refractivity contribution in [2.45, 2.75) is 12.2 Å². The van der Waals surface area contributed by atoms with E-state index in [1.807, 2.05) is 0 Å². The number of nitrogens with two attached hydrogens (primary N) is 1.